The summed E-state index contributed by atoms with van der Waals surface area (Å²) < 4.78 is 4.23. The van der Waals surface area contributed by atoms with Crippen molar-refractivity contribution in [2.24, 2.45) is 0 Å². The third-order valence-electron chi connectivity index (χ3n) is 10.5. The number of carbonyl (C=O) groups excluding carboxylic acids is 1. The molecule has 44 heavy (non-hydrogen) atoms. The molecular formula is C32H45ClN10O. The highest BCUT2D eigenvalue weighted by molar-refractivity contribution is 6.22. The van der Waals surface area contributed by atoms with Crippen molar-refractivity contribution in [3.63, 3.8) is 0 Å². The number of piperidine rings is 1. The van der Waals surface area contributed by atoms with Crippen LogP contribution in [0.1, 0.15) is 86.7 Å². The summed E-state index contributed by atoms with van der Waals surface area (Å²) in [5.74, 6) is 0.651. The highest BCUT2D eigenvalue weighted by Gasteiger charge is 2.46. The molecule has 6 heterocycles. The van der Waals surface area contributed by atoms with E-state index in [4.69, 9.17) is 22.4 Å². The molecule has 1 atom stereocenters. The number of carbonyl (C=O) groups is 1. The van der Waals surface area contributed by atoms with Gasteiger partial charge in [-0.3, -0.25) is 14.7 Å². The van der Waals surface area contributed by atoms with Gasteiger partial charge in [-0.1, -0.05) is 44.9 Å². The molecule has 7 rings (SSSR count). The molecule has 1 unspecified atom stereocenters. The monoisotopic (exact) mass is 620 g/mol. The van der Waals surface area contributed by atoms with Crippen molar-refractivity contribution in [1.82, 2.24) is 29.2 Å². The van der Waals surface area contributed by atoms with Gasteiger partial charge in [-0.15, -0.1) is 11.6 Å². The quantitative estimate of drug-likeness (QED) is 0.347. The summed E-state index contributed by atoms with van der Waals surface area (Å²) in [6.45, 7) is 5.43. The van der Waals surface area contributed by atoms with Crippen LogP contribution in [0.5, 0.6) is 0 Å². The smallest absolute Gasteiger partial charge is 0.263 e. The Morgan fingerprint density at radius 3 is 2.52 bits per heavy atom. The van der Waals surface area contributed by atoms with E-state index in [0.29, 0.717) is 29.7 Å². The van der Waals surface area contributed by atoms with Crippen molar-refractivity contribution >= 4 is 40.5 Å². The van der Waals surface area contributed by atoms with Crippen LogP contribution in [0.15, 0.2) is 31.0 Å². The Hall–Kier alpha value is -3.31. The fourth-order valence-electron chi connectivity index (χ4n) is 7.98. The maximum absolute atomic E-state index is 13.9. The number of pyridine rings is 1. The Morgan fingerprint density at radius 2 is 1.75 bits per heavy atom. The Balaban J connectivity index is 1.07. The fourth-order valence-corrected chi connectivity index (χ4v) is 8.37. The van der Waals surface area contributed by atoms with Crippen LogP contribution in [0.2, 0.25) is 0 Å². The molecule has 0 aromatic carbocycles. The second kappa shape index (κ2) is 12.6. The second-order valence-electron chi connectivity index (χ2n) is 13.1. The zero-order chi connectivity index (χ0) is 30.1. The Kier molecular flexibility index (Phi) is 8.41. The van der Waals surface area contributed by atoms with Gasteiger partial charge in [0.2, 0.25) is 0 Å². The van der Waals surface area contributed by atoms with Gasteiger partial charge in [0.05, 0.1) is 40.5 Å². The maximum Gasteiger partial charge on any atom is 0.263 e. The van der Waals surface area contributed by atoms with Crippen molar-refractivity contribution < 1.29 is 4.79 Å². The van der Waals surface area contributed by atoms with Crippen LogP contribution in [0, 0.1) is 0 Å². The van der Waals surface area contributed by atoms with Gasteiger partial charge in [0.25, 0.3) is 5.91 Å². The molecule has 0 bridgehead atoms. The van der Waals surface area contributed by atoms with Crippen LogP contribution in [0.4, 0.5) is 23.0 Å². The lowest BCUT2D eigenvalue weighted by Crippen LogP contribution is -2.50. The summed E-state index contributed by atoms with van der Waals surface area (Å²) in [6, 6.07) is 2.54. The molecule has 1 aliphatic carbocycles. The van der Waals surface area contributed by atoms with E-state index in [0.717, 1.165) is 76.9 Å². The lowest BCUT2D eigenvalue weighted by molar-refractivity contribution is 0.102. The molecule has 12 heteroatoms. The number of aromatic nitrogens is 5. The number of halogens is 1. The number of alkyl halides is 1. The molecule has 4 N–H and O–H groups in total. The first-order valence-electron chi connectivity index (χ1n) is 16.5. The number of anilines is 4. The first-order chi connectivity index (χ1) is 21.5. The van der Waals surface area contributed by atoms with Crippen molar-refractivity contribution in [1.29, 1.82) is 0 Å². The second-order valence-corrected chi connectivity index (χ2v) is 13.6. The molecule has 1 spiro atoms. The molecule has 1 saturated carbocycles. The highest BCUT2D eigenvalue weighted by atomic mass is 35.5. The number of nitrogens with zero attached hydrogens (tertiary/aromatic N) is 7. The van der Waals surface area contributed by atoms with Crippen molar-refractivity contribution in [2.75, 3.05) is 47.4 Å². The number of amides is 1. The normalized spacial score (nSPS) is 23.0. The minimum atomic E-state index is -0.343. The predicted molar refractivity (Wildman–Crippen MR) is 174 cm³/mol. The van der Waals surface area contributed by atoms with Gasteiger partial charge in [-0.05, 0) is 31.7 Å². The molecule has 3 aromatic rings. The molecule has 0 radical (unpaired) electrons. The largest absolute Gasteiger partial charge is 0.381 e. The number of fused-ring (bicyclic) bond motifs is 3. The predicted octanol–water partition coefficient (Wildman–Crippen LogP) is 5.05. The highest BCUT2D eigenvalue weighted by Crippen LogP contribution is 2.44. The molecule has 236 valence electrons. The molecule has 1 amide bonds. The Morgan fingerprint density at radius 1 is 1.00 bits per heavy atom. The van der Waals surface area contributed by atoms with Crippen LogP contribution in [0.25, 0.3) is 0 Å². The number of rotatable bonds is 4. The summed E-state index contributed by atoms with van der Waals surface area (Å²) in [5, 5.41) is 11.2. The number of hydrogen-bond donors (Lipinski definition) is 3. The van der Waals surface area contributed by atoms with Gasteiger partial charge < -0.3 is 25.8 Å². The van der Waals surface area contributed by atoms with Crippen LogP contribution in [0.3, 0.4) is 0 Å². The van der Waals surface area contributed by atoms with E-state index in [1.54, 1.807) is 12.4 Å². The molecule has 2 fully saturated rings. The fraction of sp³-hybridized carbons (Fsp3) is 0.625. The molecule has 3 aliphatic heterocycles. The van der Waals surface area contributed by atoms with E-state index < -0.39 is 0 Å². The molecule has 1 saturated heterocycles. The van der Waals surface area contributed by atoms with Crippen LogP contribution < -0.4 is 21.3 Å². The van der Waals surface area contributed by atoms with Gasteiger partial charge in [0, 0.05) is 57.7 Å². The van der Waals surface area contributed by atoms with Crippen LogP contribution >= 0.6 is 11.6 Å². The van der Waals surface area contributed by atoms with E-state index in [-0.39, 0.29) is 22.6 Å². The minimum absolute atomic E-state index is 0.121. The van der Waals surface area contributed by atoms with E-state index in [1.165, 1.54) is 37.8 Å². The lowest BCUT2D eigenvalue weighted by atomic mass is 9.81. The van der Waals surface area contributed by atoms with E-state index in [9.17, 15) is 4.79 Å². The number of nitrogen functional groups attached to an aromatic ring is 1. The van der Waals surface area contributed by atoms with Crippen LogP contribution in [-0.2, 0) is 18.6 Å². The van der Waals surface area contributed by atoms with Gasteiger partial charge in [-0.25, -0.2) is 9.67 Å². The van der Waals surface area contributed by atoms with Gasteiger partial charge in [0.1, 0.15) is 11.4 Å². The summed E-state index contributed by atoms with van der Waals surface area (Å²) >= 11 is 7.07. The topological polar surface area (TPSA) is 122 Å². The average Bonchev–Trinajstić information content (AvgIpc) is 3.66. The van der Waals surface area contributed by atoms with Gasteiger partial charge in [-0.2, -0.15) is 5.10 Å². The zero-order valence-corrected chi connectivity index (χ0v) is 26.3. The van der Waals surface area contributed by atoms with E-state index >= 15 is 0 Å². The SMILES string of the molecule is Nc1nn2c(c1C(=O)Nc1cnccc1N1CCC(N3CCn4cncc4C3)CC1)NCC(Cl)C21CCCCCCCCC1. The molecule has 11 nitrogen and oxygen atoms in total. The number of nitrogens with one attached hydrogen (secondary N) is 2. The lowest BCUT2D eigenvalue weighted by Gasteiger charge is -2.43. The summed E-state index contributed by atoms with van der Waals surface area (Å²) in [4.78, 5) is 27.6. The number of hydrogen-bond acceptors (Lipinski definition) is 8. The first kappa shape index (κ1) is 29.4. The molecule has 3 aromatic heterocycles. The van der Waals surface area contributed by atoms with Crippen molar-refractivity contribution in [2.45, 2.75) is 101 Å². The molecular weight excluding hydrogens is 576 g/mol. The maximum atomic E-state index is 13.9. The summed E-state index contributed by atoms with van der Waals surface area (Å²) in [7, 11) is 0. The van der Waals surface area contributed by atoms with Crippen LogP contribution in [-0.4, -0.2) is 72.7 Å². The van der Waals surface area contributed by atoms with Crippen molar-refractivity contribution in [3.05, 3.63) is 42.2 Å². The standard InChI is InChI=1S/C32H45ClN10O/c33-27-20-37-30-28(29(34)39-43(30)32(27)11-6-4-2-1-3-5-7-12-32)31(44)38-25-19-35-13-8-26(25)40-14-9-23(10-15-40)41-16-17-42-22-36-18-24(42)21-41/h8,13,18-19,22-23,27,37H,1-7,9-12,14-17,20-21H2,(H2,34,39)(H,38,44). The minimum Gasteiger partial charge on any atom is -0.381 e. The Labute approximate surface area is 264 Å². The van der Waals surface area contributed by atoms with Crippen molar-refractivity contribution in [3.8, 4) is 0 Å². The zero-order valence-electron chi connectivity index (χ0n) is 25.6. The van der Waals surface area contributed by atoms with E-state index in [2.05, 4.69) is 35.0 Å². The third-order valence-corrected chi connectivity index (χ3v) is 11.0. The third kappa shape index (κ3) is 5.53. The average molecular weight is 621 g/mol. The van der Waals surface area contributed by atoms with Gasteiger partial charge >= 0.3 is 0 Å². The summed E-state index contributed by atoms with van der Waals surface area (Å²) in [6.07, 6.45) is 19.9. The Bertz CT molecular complexity index is 1450. The van der Waals surface area contributed by atoms with E-state index in [1.807, 2.05) is 23.3 Å². The number of nitrogens with two attached hydrogens (primary N) is 1. The van der Waals surface area contributed by atoms with Gasteiger partial charge in [0.15, 0.2) is 5.82 Å². The molecule has 4 aliphatic rings. The first-order valence-corrected chi connectivity index (χ1v) is 17.0. The summed E-state index contributed by atoms with van der Waals surface area (Å²) in [5.41, 5.74) is 9.53. The number of imidazole rings is 1.